The molecular weight excluding hydrogens is 255 g/mol. The lowest BCUT2D eigenvalue weighted by Gasteiger charge is -2.14. The standard InChI is InChI=1S/C15H19FN4/c16-13-6-4-12(5-7-13)8-9-17-11-15-19-18-14-3-1-2-10-20(14)15/h4-7,17H,1-3,8-11H2. The van der Waals surface area contributed by atoms with E-state index in [-0.39, 0.29) is 5.82 Å². The molecule has 1 aromatic carbocycles. The summed E-state index contributed by atoms with van der Waals surface area (Å²) in [6.07, 6.45) is 4.37. The summed E-state index contributed by atoms with van der Waals surface area (Å²) in [4.78, 5) is 0. The summed E-state index contributed by atoms with van der Waals surface area (Å²) in [6.45, 7) is 2.64. The Bertz CT molecular complexity index is 562. The van der Waals surface area contributed by atoms with Crippen molar-refractivity contribution in [3.05, 3.63) is 47.3 Å². The number of hydrogen-bond donors (Lipinski definition) is 1. The monoisotopic (exact) mass is 274 g/mol. The second-order valence-corrected chi connectivity index (χ2v) is 5.19. The van der Waals surface area contributed by atoms with Crippen molar-refractivity contribution in [2.75, 3.05) is 6.54 Å². The van der Waals surface area contributed by atoms with Crippen molar-refractivity contribution >= 4 is 0 Å². The Labute approximate surface area is 118 Å². The molecule has 0 fully saturated rings. The Morgan fingerprint density at radius 2 is 2.00 bits per heavy atom. The number of nitrogens with one attached hydrogen (secondary N) is 1. The highest BCUT2D eigenvalue weighted by Gasteiger charge is 2.14. The van der Waals surface area contributed by atoms with E-state index in [0.717, 1.165) is 49.7 Å². The van der Waals surface area contributed by atoms with Crippen LogP contribution in [0.15, 0.2) is 24.3 Å². The van der Waals surface area contributed by atoms with Crippen molar-refractivity contribution in [3.8, 4) is 0 Å². The first kappa shape index (κ1) is 13.2. The first-order valence-corrected chi connectivity index (χ1v) is 7.19. The number of benzene rings is 1. The quantitative estimate of drug-likeness (QED) is 0.849. The van der Waals surface area contributed by atoms with E-state index >= 15 is 0 Å². The lowest BCUT2D eigenvalue weighted by atomic mass is 10.1. The van der Waals surface area contributed by atoms with E-state index in [9.17, 15) is 4.39 Å². The highest BCUT2D eigenvalue weighted by atomic mass is 19.1. The van der Waals surface area contributed by atoms with Gasteiger partial charge in [-0.3, -0.25) is 0 Å². The molecule has 4 nitrogen and oxygen atoms in total. The van der Waals surface area contributed by atoms with Crippen LogP contribution in [-0.2, 0) is 25.9 Å². The number of rotatable bonds is 5. The fourth-order valence-corrected chi connectivity index (χ4v) is 2.58. The summed E-state index contributed by atoms with van der Waals surface area (Å²) >= 11 is 0. The van der Waals surface area contributed by atoms with Gasteiger partial charge < -0.3 is 9.88 Å². The number of aromatic nitrogens is 3. The number of nitrogens with zero attached hydrogens (tertiary/aromatic N) is 3. The third-order valence-corrected chi connectivity index (χ3v) is 3.72. The number of aryl methyl sites for hydroxylation is 1. The van der Waals surface area contributed by atoms with Gasteiger partial charge in [0, 0.05) is 13.0 Å². The minimum atomic E-state index is -0.184. The zero-order valence-electron chi connectivity index (χ0n) is 11.5. The van der Waals surface area contributed by atoms with E-state index in [1.165, 1.54) is 25.0 Å². The van der Waals surface area contributed by atoms with E-state index in [2.05, 4.69) is 20.1 Å². The molecule has 0 unspecified atom stereocenters. The predicted molar refractivity (Wildman–Crippen MR) is 74.8 cm³/mol. The third kappa shape index (κ3) is 3.04. The molecule has 0 radical (unpaired) electrons. The number of fused-ring (bicyclic) bond motifs is 1. The Hall–Kier alpha value is -1.75. The molecule has 1 aliphatic heterocycles. The van der Waals surface area contributed by atoms with Crippen LogP contribution in [0.25, 0.3) is 0 Å². The highest BCUT2D eigenvalue weighted by molar-refractivity contribution is 5.16. The Morgan fingerprint density at radius 3 is 2.85 bits per heavy atom. The largest absolute Gasteiger partial charge is 0.314 e. The lowest BCUT2D eigenvalue weighted by molar-refractivity contribution is 0.498. The fourth-order valence-electron chi connectivity index (χ4n) is 2.58. The molecule has 106 valence electrons. The molecule has 0 atom stereocenters. The Morgan fingerprint density at radius 1 is 1.15 bits per heavy atom. The molecule has 1 aliphatic rings. The molecule has 0 saturated heterocycles. The van der Waals surface area contributed by atoms with Crippen molar-refractivity contribution in [1.29, 1.82) is 0 Å². The molecule has 0 bridgehead atoms. The molecule has 2 aromatic rings. The third-order valence-electron chi connectivity index (χ3n) is 3.72. The van der Waals surface area contributed by atoms with Gasteiger partial charge in [-0.15, -0.1) is 10.2 Å². The molecule has 1 aromatic heterocycles. The Balaban J connectivity index is 1.48. The summed E-state index contributed by atoms with van der Waals surface area (Å²) in [5.41, 5.74) is 1.14. The van der Waals surface area contributed by atoms with Gasteiger partial charge in [0.15, 0.2) is 0 Å². The van der Waals surface area contributed by atoms with E-state index in [1.807, 2.05) is 12.1 Å². The van der Waals surface area contributed by atoms with Crippen molar-refractivity contribution in [2.45, 2.75) is 38.8 Å². The summed E-state index contributed by atoms with van der Waals surface area (Å²) in [6, 6.07) is 6.67. The van der Waals surface area contributed by atoms with Gasteiger partial charge >= 0.3 is 0 Å². The van der Waals surface area contributed by atoms with Crippen LogP contribution in [-0.4, -0.2) is 21.3 Å². The maximum Gasteiger partial charge on any atom is 0.147 e. The van der Waals surface area contributed by atoms with Crippen molar-refractivity contribution in [1.82, 2.24) is 20.1 Å². The zero-order valence-corrected chi connectivity index (χ0v) is 11.5. The van der Waals surface area contributed by atoms with Gasteiger partial charge in [0.2, 0.25) is 0 Å². The number of hydrogen-bond acceptors (Lipinski definition) is 3. The average Bonchev–Trinajstić information content (AvgIpc) is 2.89. The van der Waals surface area contributed by atoms with E-state index in [0.29, 0.717) is 0 Å². The normalized spacial score (nSPS) is 14.2. The van der Waals surface area contributed by atoms with Crippen LogP contribution in [0.5, 0.6) is 0 Å². The minimum absolute atomic E-state index is 0.184. The molecule has 0 saturated carbocycles. The van der Waals surface area contributed by atoms with Gasteiger partial charge in [-0.25, -0.2) is 4.39 Å². The summed E-state index contributed by atoms with van der Waals surface area (Å²) in [5.74, 6) is 1.96. The fraction of sp³-hybridized carbons (Fsp3) is 0.467. The highest BCUT2D eigenvalue weighted by Crippen LogP contribution is 2.13. The number of halogens is 1. The van der Waals surface area contributed by atoms with Crippen LogP contribution >= 0.6 is 0 Å². The maximum atomic E-state index is 12.8. The molecular formula is C15H19FN4. The molecule has 1 N–H and O–H groups in total. The molecule has 0 aliphatic carbocycles. The topological polar surface area (TPSA) is 42.7 Å². The van der Waals surface area contributed by atoms with Crippen LogP contribution in [0, 0.1) is 5.82 Å². The predicted octanol–water partition coefficient (Wildman–Crippen LogP) is 2.09. The van der Waals surface area contributed by atoms with Gasteiger partial charge in [0.1, 0.15) is 17.5 Å². The molecule has 5 heteroatoms. The van der Waals surface area contributed by atoms with Crippen LogP contribution in [0.4, 0.5) is 4.39 Å². The minimum Gasteiger partial charge on any atom is -0.314 e. The molecule has 3 rings (SSSR count). The molecule has 2 heterocycles. The first-order valence-electron chi connectivity index (χ1n) is 7.19. The molecule has 20 heavy (non-hydrogen) atoms. The van der Waals surface area contributed by atoms with Crippen LogP contribution in [0.2, 0.25) is 0 Å². The smallest absolute Gasteiger partial charge is 0.147 e. The summed E-state index contributed by atoms with van der Waals surface area (Å²) < 4.78 is 15.0. The van der Waals surface area contributed by atoms with E-state index in [1.54, 1.807) is 0 Å². The van der Waals surface area contributed by atoms with Crippen LogP contribution in [0.1, 0.15) is 30.1 Å². The van der Waals surface area contributed by atoms with Gasteiger partial charge in [-0.1, -0.05) is 12.1 Å². The van der Waals surface area contributed by atoms with Gasteiger partial charge in [-0.05, 0) is 43.5 Å². The van der Waals surface area contributed by atoms with Crippen LogP contribution < -0.4 is 5.32 Å². The maximum absolute atomic E-state index is 12.8. The lowest BCUT2D eigenvalue weighted by Crippen LogP contribution is -2.21. The summed E-state index contributed by atoms with van der Waals surface area (Å²) in [5, 5.41) is 11.9. The van der Waals surface area contributed by atoms with Gasteiger partial charge in [0.25, 0.3) is 0 Å². The van der Waals surface area contributed by atoms with Crippen molar-refractivity contribution < 1.29 is 4.39 Å². The molecule has 0 spiro atoms. The van der Waals surface area contributed by atoms with Gasteiger partial charge in [0.05, 0.1) is 6.54 Å². The summed E-state index contributed by atoms with van der Waals surface area (Å²) in [7, 11) is 0. The van der Waals surface area contributed by atoms with E-state index < -0.39 is 0 Å². The second kappa shape index (κ2) is 6.13. The average molecular weight is 274 g/mol. The van der Waals surface area contributed by atoms with Crippen LogP contribution in [0.3, 0.4) is 0 Å². The van der Waals surface area contributed by atoms with Crippen molar-refractivity contribution in [3.63, 3.8) is 0 Å². The second-order valence-electron chi connectivity index (χ2n) is 5.19. The first-order chi connectivity index (χ1) is 9.83. The molecule has 0 amide bonds. The SMILES string of the molecule is Fc1ccc(CCNCc2nnc3n2CCCC3)cc1. The van der Waals surface area contributed by atoms with Gasteiger partial charge in [-0.2, -0.15) is 0 Å². The van der Waals surface area contributed by atoms with Crippen molar-refractivity contribution in [2.24, 2.45) is 0 Å². The van der Waals surface area contributed by atoms with E-state index in [4.69, 9.17) is 0 Å². The Kier molecular flexibility index (Phi) is 4.06. The zero-order chi connectivity index (χ0) is 13.8.